The Hall–Kier alpha value is -2.09. The summed E-state index contributed by atoms with van der Waals surface area (Å²) in [4.78, 5) is 12.2. The van der Waals surface area contributed by atoms with Crippen LogP contribution in [0.1, 0.15) is 29.8 Å². The van der Waals surface area contributed by atoms with Gasteiger partial charge in [0.1, 0.15) is 0 Å². The number of amides is 1. The molecule has 1 aromatic carbocycles. The van der Waals surface area contributed by atoms with Crippen LogP contribution in [0, 0.1) is 6.92 Å². The predicted molar refractivity (Wildman–Crippen MR) is 111 cm³/mol. The third kappa shape index (κ3) is 5.25. The van der Waals surface area contributed by atoms with Crippen molar-refractivity contribution in [2.45, 2.75) is 34.7 Å². The fourth-order valence-corrected chi connectivity index (χ4v) is 6.00. The molecule has 0 unspecified atom stereocenters. The number of nitrogens with zero attached hydrogens (tertiary/aromatic N) is 4. The van der Waals surface area contributed by atoms with Crippen LogP contribution in [0.2, 0.25) is 0 Å². The van der Waals surface area contributed by atoms with E-state index in [9.17, 15) is 13.2 Å². The van der Waals surface area contributed by atoms with E-state index >= 15 is 0 Å². The highest BCUT2D eigenvalue weighted by atomic mass is 32.2. The molecule has 0 fully saturated rings. The van der Waals surface area contributed by atoms with Crippen molar-refractivity contribution in [2.24, 2.45) is 0 Å². The van der Waals surface area contributed by atoms with E-state index in [0.29, 0.717) is 15.2 Å². The fourth-order valence-electron chi connectivity index (χ4n) is 1.90. The number of aromatic nitrogens is 4. The normalized spacial score (nSPS) is 11.6. The highest BCUT2D eigenvalue weighted by Gasteiger charge is 2.23. The Balaban J connectivity index is 1.68. The number of nitrogens with one attached hydrogen (secondary N) is 2. The summed E-state index contributed by atoms with van der Waals surface area (Å²) in [6.45, 7) is 5.92. The van der Waals surface area contributed by atoms with Gasteiger partial charge in [0.15, 0.2) is 4.34 Å². The minimum Gasteiger partial charge on any atom is -0.296 e. The van der Waals surface area contributed by atoms with Crippen LogP contribution in [-0.2, 0) is 10.0 Å². The van der Waals surface area contributed by atoms with Gasteiger partial charge in [-0.2, -0.15) is 8.42 Å². The molecule has 0 spiro atoms. The molecule has 0 radical (unpaired) electrons. The minimum absolute atomic E-state index is 0.0827. The third-order valence-electron chi connectivity index (χ3n) is 3.14. The Morgan fingerprint density at radius 2 is 1.71 bits per heavy atom. The number of rotatable bonds is 7. The molecule has 2 N–H and O–H groups in total. The molecule has 0 atom stereocenters. The molecule has 28 heavy (non-hydrogen) atoms. The molecule has 13 heteroatoms. The summed E-state index contributed by atoms with van der Waals surface area (Å²) in [7, 11) is -3.97. The van der Waals surface area contributed by atoms with Crippen molar-refractivity contribution in [1.82, 2.24) is 20.4 Å². The number of benzene rings is 1. The molecule has 148 valence electrons. The second-order valence-electron chi connectivity index (χ2n) is 5.84. The Kier molecular flexibility index (Phi) is 6.27. The molecular formula is C15H16N6O3S4. The van der Waals surface area contributed by atoms with Crippen molar-refractivity contribution in [3.8, 4) is 0 Å². The second kappa shape index (κ2) is 8.51. The lowest BCUT2D eigenvalue weighted by atomic mass is 10.1. The molecule has 0 aliphatic heterocycles. The van der Waals surface area contributed by atoms with Crippen molar-refractivity contribution in [3.05, 3.63) is 35.4 Å². The number of hydrogen-bond acceptors (Lipinski definition) is 10. The number of aryl methyl sites for hydroxylation is 1. The molecule has 0 bridgehead atoms. The summed E-state index contributed by atoms with van der Waals surface area (Å²) in [5.41, 5.74) is 1.46. The summed E-state index contributed by atoms with van der Waals surface area (Å²) < 4.78 is 27.6. The lowest BCUT2D eigenvalue weighted by Crippen LogP contribution is -2.12. The fraction of sp³-hybridized carbons (Fsp3) is 0.267. The number of thioether (sulfide) groups is 1. The smallest absolute Gasteiger partial charge is 0.293 e. The van der Waals surface area contributed by atoms with Gasteiger partial charge in [-0.3, -0.25) is 14.8 Å². The SMILES string of the molecule is Cc1ccc(C(=O)Nc2nnc(S(=O)(=O)Nc3nnc(SC(C)C)s3)s2)cc1. The Morgan fingerprint density at radius 3 is 2.39 bits per heavy atom. The molecule has 0 aliphatic carbocycles. The maximum atomic E-state index is 12.5. The van der Waals surface area contributed by atoms with Crippen molar-refractivity contribution < 1.29 is 13.2 Å². The van der Waals surface area contributed by atoms with Crippen LogP contribution in [-0.4, -0.2) is 40.0 Å². The molecule has 0 aliphatic rings. The minimum atomic E-state index is -3.97. The molecule has 3 aromatic rings. The molecule has 3 rings (SSSR count). The molecule has 0 saturated carbocycles. The van der Waals surface area contributed by atoms with E-state index in [1.54, 1.807) is 12.1 Å². The Bertz CT molecular complexity index is 1080. The van der Waals surface area contributed by atoms with Gasteiger partial charge < -0.3 is 0 Å². The molecule has 1 amide bonds. The highest BCUT2D eigenvalue weighted by molar-refractivity contribution is 8.01. The van der Waals surface area contributed by atoms with Gasteiger partial charge in [-0.15, -0.1) is 20.4 Å². The molecule has 9 nitrogen and oxygen atoms in total. The van der Waals surface area contributed by atoms with E-state index in [1.807, 2.05) is 32.9 Å². The zero-order valence-electron chi connectivity index (χ0n) is 15.0. The van der Waals surface area contributed by atoms with Crippen LogP contribution in [0.25, 0.3) is 0 Å². The average Bonchev–Trinajstić information content (AvgIpc) is 3.24. The molecular weight excluding hydrogens is 440 g/mol. The number of anilines is 2. The number of sulfonamides is 1. The summed E-state index contributed by atoms with van der Waals surface area (Å²) in [5, 5.41) is 18.2. The lowest BCUT2D eigenvalue weighted by molar-refractivity contribution is 0.102. The van der Waals surface area contributed by atoms with E-state index in [4.69, 9.17) is 0 Å². The maximum absolute atomic E-state index is 12.5. The van der Waals surface area contributed by atoms with Crippen LogP contribution >= 0.6 is 34.4 Å². The second-order valence-corrected chi connectivity index (χ2v) is 11.5. The summed E-state index contributed by atoms with van der Waals surface area (Å²) in [6.07, 6.45) is 0. The standard InChI is InChI=1S/C15H16N6O3S4/c1-8(2)25-14-19-18-13(26-14)21-28(23,24)15-20-17-12(27-15)16-11(22)10-6-4-9(3)5-7-10/h4-8H,1-3H3,(H,18,21)(H,16,17,22). The van der Waals surface area contributed by atoms with Gasteiger partial charge in [0.25, 0.3) is 20.3 Å². The first-order chi connectivity index (χ1) is 13.2. The zero-order chi connectivity index (χ0) is 20.3. The number of carbonyl (C=O) groups is 1. The summed E-state index contributed by atoms with van der Waals surface area (Å²) in [6, 6.07) is 6.96. The van der Waals surface area contributed by atoms with Crippen molar-refractivity contribution >= 4 is 60.6 Å². The van der Waals surface area contributed by atoms with Crippen molar-refractivity contribution in [1.29, 1.82) is 0 Å². The predicted octanol–water partition coefficient (Wildman–Crippen LogP) is 3.25. The largest absolute Gasteiger partial charge is 0.296 e. The van der Waals surface area contributed by atoms with Crippen molar-refractivity contribution in [3.63, 3.8) is 0 Å². The van der Waals surface area contributed by atoms with Gasteiger partial charge in [0.05, 0.1) is 0 Å². The average molecular weight is 457 g/mol. The molecule has 2 aromatic heterocycles. The highest BCUT2D eigenvalue weighted by Crippen LogP contribution is 2.30. The van der Waals surface area contributed by atoms with Crippen LogP contribution < -0.4 is 10.0 Å². The quantitative estimate of drug-likeness (QED) is 0.410. The number of hydrogen-bond donors (Lipinski definition) is 2. The van der Waals surface area contributed by atoms with E-state index < -0.39 is 15.9 Å². The van der Waals surface area contributed by atoms with E-state index in [2.05, 4.69) is 30.4 Å². The Labute approximate surface area is 174 Å². The van der Waals surface area contributed by atoms with E-state index in [1.165, 1.54) is 11.8 Å². The summed E-state index contributed by atoms with van der Waals surface area (Å²) in [5.74, 6) is -0.396. The van der Waals surface area contributed by atoms with Gasteiger partial charge in [-0.05, 0) is 19.1 Å². The first kappa shape index (κ1) is 20.6. The summed E-state index contributed by atoms with van der Waals surface area (Å²) >= 11 is 3.37. The third-order valence-corrected chi connectivity index (χ3v) is 7.74. The topological polar surface area (TPSA) is 127 Å². The van der Waals surface area contributed by atoms with E-state index in [-0.39, 0.29) is 14.6 Å². The lowest BCUT2D eigenvalue weighted by Gasteiger charge is -2.01. The van der Waals surface area contributed by atoms with Gasteiger partial charge in [0.2, 0.25) is 10.3 Å². The van der Waals surface area contributed by atoms with Crippen LogP contribution in [0.5, 0.6) is 0 Å². The zero-order valence-corrected chi connectivity index (χ0v) is 18.3. The van der Waals surface area contributed by atoms with Crippen LogP contribution in [0.3, 0.4) is 0 Å². The monoisotopic (exact) mass is 456 g/mol. The first-order valence-corrected chi connectivity index (χ1v) is 12.0. The maximum Gasteiger partial charge on any atom is 0.293 e. The molecule has 0 saturated heterocycles. The van der Waals surface area contributed by atoms with Crippen LogP contribution in [0.4, 0.5) is 10.3 Å². The van der Waals surface area contributed by atoms with E-state index in [0.717, 1.165) is 28.2 Å². The Morgan fingerprint density at radius 1 is 1.04 bits per heavy atom. The van der Waals surface area contributed by atoms with Crippen molar-refractivity contribution in [2.75, 3.05) is 10.0 Å². The first-order valence-electron chi connectivity index (χ1n) is 7.97. The number of carbonyl (C=O) groups excluding carboxylic acids is 1. The van der Waals surface area contributed by atoms with Gasteiger partial charge in [0, 0.05) is 10.8 Å². The van der Waals surface area contributed by atoms with Gasteiger partial charge in [-0.1, -0.05) is 66.0 Å². The van der Waals surface area contributed by atoms with Gasteiger partial charge >= 0.3 is 0 Å². The van der Waals surface area contributed by atoms with Gasteiger partial charge in [-0.25, -0.2) is 0 Å². The van der Waals surface area contributed by atoms with Crippen LogP contribution in [0.15, 0.2) is 32.9 Å². The molecule has 2 heterocycles.